The van der Waals surface area contributed by atoms with Gasteiger partial charge in [-0.2, -0.15) is 0 Å². The van der Waals surface area contributed by atoms with E-state index in [1.54, 1.807) is 0 Å². The van der Waals surface area contributed by atoms with E-state index in [0.717, 1.165) is 24.0 Å². The van der Waals surface area contributed by atoms with Crippen molar-refractivity contribution in [1.82, 2.24) is 0 Å². The highest BCUT2D eigenvalue weighted by molar-refractivity contribution is 6.21. The number of halogens is 2. The lowest BCUT2D eigenvalue weighted by atomic mass is 9.83. The van der Waals surface area contributed by atoms with E-state index in [9.17, 15) is 4.39 Å². The Hall–Kier alpha value is -0.760. The van der Waals surface area contributed by atoms with Crippen LogP contribution >= 0.6 is 11.6 Å². The maximum Gasteiger partial charge on any atom is 0.130 e. The lowest BCUT2D eigenvalue weighted by Gasteiger charge is -2.27. The smallest absolute Gasteiger partial charge is 0.130 e. The van der Waals surface area contributed by atoms with Crippen molar-refractivity contribution in [3.05, 3.63) is 29.1 Å². The fourth-order valence-electron chi connectivity index (χ4n) is 2.21. The zero-order chi connectivity index (χ0) is 11.0. The van der Waals surface area contributed by atoms with Gasteiger partial charge in [0.25, 0.3) is 0 Å². The van der Waals surface area contributed by atoms with Gasteiger partial charge in [0.2, 0.25) is 0 Å². The van der Waals surface area contributed by atoms with Crippen LogP contribution in [0.4, 0.5) is 4.39 Å². The molecule has 0 aromatic heterocycles. The van der Waals surface area contributed by atoms with Gasteiger partial charge in [-0.1, -0.05) is 6.92 Å². The molecule has 0 bridgehead atoms. The van der Waals surface area contributed by atoms with E-state index in [2.05, 4.69) is 0 Å². The van der Waals surface area contributed by atoms with Gasteiger partial charge in [0, 0.05) is 6.07 Å². The van der Waals surface area contributed by atoms with E-state index < -0.39 is 0 Å². The maximum atomic E-state index is 13.8. The van der Waals surface area contributed by atoms with Crippen LogP contribution in [-0.2, 0) is 0 Å². The van der Waals surface area contributed by atoms with Gasteiger partial charge in [0.15, 0.2) is 0 Å². The Morgan fingerprint density at radius 2 is 2.13 bits per heavy atom. The molecule has 0 spiro atoms. The summed E-state index contributed by atoms with van der Waals surface area (Å²) in [4.78, 5) is 0. The Labute approximate surface area is 94.2 Å². The van der Waals surface area contributed by atoms with Gasteiger partial charge in [-0.05, 0) is 36.0 Å². The molecule has 0 N–H and O–H groups in total. The summed E-state index contributed by atoms with van der Waals surface area (Å²) in [5.74, 6) is 0.606. The average Bonchev–Trinajstić information content (AvgIpc) is 2.23. The molecule has 0 amide bonds. The predicted molar refractivity (Wildman–Crippen MR) is 59.2 cm³/mol. The molecule has 1 aromatic carbocycles. The molecule has 0 heterocycles. The van der Waals surface area contributed by atoms with E-state index in [1.807, 2.05) is 13.0 Å². The molecular formula is C12H14ClFO. The topological polar surface area (TPSA) is 9.23 Å². The molecule has 15 heavy (non-hydrogen) atoms. The molecule has 0 saturated heterocycles. The molecule has 1 aliphatic rings. The van der Waals surface area contributed by atoms with Crippen LogP contribution in [0, 0.1) is 5.82 Å². The minimum atomic E-state index is -0.192. The molecule has 1 aromatic rings. The van der Waals surface area contributed by atoms with Gasteiger partial charge in [-0.25, -0.2) is 4.39 Å². The number of hydrogen-bond acceptors (Lipinski definition) is 1. The molecule has 2 unspecified atom stereocenters. The summed E-state index contributed by atoms with van der Waals surface area (Å²) in [5, 5.41) is -0.0826. The first-order valence-electron chi connectivity index (χ1n) is 5.15. The second-order valence-electron chi connectivity index (χ2n) is 4.06. The molecule has 0 fully saturated rings. The monoisotopic (exact) mass is 228 g/mol. The van der Waals surface area contributed by atoms with Crippen LogP contribution in [0.5, 0.6) is 5.75 Å². The molecule has 2 atom stereocenters. The van der Waals surface area contributed by atoms with Gasteiger partial charge in [0.05, 0.1) is 12.5 Å². The SMILES string of the molecule is COc1cc(F)c2c(c1)C(Cl)CCC2C. The molecule has 3 heteroatoms. The number of fused-ring (bicyclic) bond motifs is 1. The van der Waals surface area contributed by atoms with Crippen LogP contribution in [0.3, 0.4) is 0 Å². The standard InChI is InChI=1S/C12H14ClFO/c1-7-3-4-10(13)9-5-8(15-2)6-11(14)12(7)9/h5-7,10H,3-4H2,1-2H3. The van der Waals surface area contributed by atoms with E-state index in [1.165, 1.54) is 13.2 Å². The molecule has 0 radical (unpaired) electrons. The summed E-state index contributed by atoms with van der Waals surface area (Å²) in [6.45, 7) is 2.04. The Morgan fingerprint density at radius 1 is 1.40 bits per heavy atom. The van der Waals surface area contributed by atoms with Crippen molar-refractivity contribution in [2.75, 3.05) is 7.11 Å². The minimum Gasteiger partial charge on any atom is -0.497 e. The van der Waals surface area contributed by atoms with Gasteiger partial charge >= 0.3 is 0 Å². The fraction of sp³-hybridized carbons (Fsp3) is 0.500. The van der Waals surface area contributed by atoms with Crippen molar-refractivity contribution in [1.29, 1.82) is 0 Å². The highest BCUT2D eigenvalue weighted by Gasteiger charge is 2.26. The number of ether oxygens (including phenoxy) is 1. The van der Waals surface area contributed by atoms with Gasteiger partial charge < -0.3 is 4.74 Å². The number of hydrogen-bond donors (Lipinski definition) is 0. The highest BCUT2D eigenvalue weighted by Crippen LogP contribution is 2.43. The Morgan fingerprint density at radius 3 is 2.80 bits per heavy atom. The predicted octanol–water partition coefficient (Wildman–Crippen LogP) is 4.01. The van der Waals surface area contributed by atoms with E-state index >= 15 is 0 Å². The van der Waals surface area contributed by atoms with E-state index in [0.29, 0.717) is 5.75 Å². The second-order valence-corrected chi connectivity index (χ2v) is 4.58. The molecule has 0 saturated carbocycles. The van der Waals surface area contributed by atoms with Crippen molar-refractivity contribution in [3.8, 4) is 5.75 Å². The molecule has 0 aliphatic heterocycles. The molecular weight excluding hydrogens is 215 g/mol. The zero-order valence-electron chi connectivity index (χ0n) is 8.89. The van der Waals surface area contributed by atoms with Crippen molar-refractivity contribution in [2.45, 2.75) is 31.1 Å². The molecule has 82 valence electrons. The van der Waals surface area contributed by atoms with Crippen molar-refractivity contribution in [2.24, 2.45) is 0 Å². The first kappa shape index (κ1) is 10.7. The van der Waals surface area contributed by atoms with Crippen LogP contribution < -0.4 is 4.74 Å². The second kappa shape index (κ2) is 4.01. The highest BCUT2D eigenvalue weighted by atomic mass is 35.5. The van der Waals surface area contributed by atoms with E-state index in [-0.39, 0.29) is 17.1 Å². The molecule has 1 aliphatic carbocycles. The zero-order valence-corrected chi connectivity index (χ0v) is 9.64. The van der Waals surface area contributed by atoms with Crippen LogP contribution in [0.15, 0.2) is 12.1 Å². The van der Waals surface area contributed by atoms with Crippen LogP contribution in [-0.4, -0.2) is 7.11 Å². The van der Waals surface area contributed by atoms with Gasteiger partial charge in [-0.3, -0.25) is 0 Å². The Kier molecular flexibility index (Phi) is 2.87. The first-order chi connectivity index (χ1) is 7.13. The van der Waals surface area contributed by atoms with Gasteiger partial charge in [0.1, 0.15) is 11.6 Å². The molecule has 1 nitrogen and oxygen atoms in total. The number of alkyl halides is 1. The van der Waals surface area contributed by atoms with Crippen LogP contribution in [0.1, 0.15) is 42.2 Å². The number of rotatable bonds is 1. The van der Waals surface area contributed by atoms with Crippen LogP contribution in [0.25, 0.3) is 0 Å². The lowest BCUT2D eigenvalue weighted by molar-refractivity contribution is 0.407. The summed E-state index contributed by atoms with van der Waals surface area (Å²) in [5.41, 5.74) is 1.66. The largest absolute Gasteiger partial charge is 0.497 e. The summed E-state index contributed by atoms with van der Waals surface area (Å²) in [6.07, 6.45) is 1.85. The van der Waals surface area contributed by atoms with Crippen molar-refractivity contribution in [3.63, 3.8) is 0 Å². The third-order valence-electron chi connectivity index (χ3n) is 3.05. The van der Waals surface area contributed by atoms with Gasteiger partial charge in [-0.15, -0.1) is 11.6 Å². The van der Waals surface area contributed by atoms with Crippen LogP contribution in [0.2, 0.25) is 0 Å². The normalized spacial score (nSPS) is 24.8. The Balaban J connectivity index is 2.56. The first-order valence-corrected chi connectivity index (χ1v) is 5.58. The quantitative estimate of drug-likeness (QED) is 0.660. The van der Waals surface area contributed by atoms with E-state index in [4.69, 9.17) is 16.3 Å². The summed E-state index contributed by atoms with van der Waals surface area (Å²) >= 11 is 6.19. The number of benzene rings is 1. The summed E-state index contributed by atoms with van der Waals surface area (Å²) in [6, 6.07) is 3.29. The minimum absolute atomic E-state index is 0.0826. The third kappa shape index (κ3) is 1.83. The number of methoxy groups -OCH3 is 1. The molecule has 2 rings (SSSR count). The average molecular weight is 229 g/mol. The Bertz CT molecular complexity index is 378. The third-order valence-corrected chi connectivity index (χ3v) is 3.51. The van der Waals surface area contributed by atoms with Crippen molar-refractivity contribution < 1.29 is 9.13 Å². The summed E-state index contributed by atoms with van der Waals surface area (Å²) < 4.78 is 18.8. The summed E-state index contributed by atoms with van der Waals surface area (Å²) in [7, 11) is 1.54. The van der Waals surface area contributed by atoms with Crippen molar-refractivity contribution >= 4 is 11.6 Å². The maximum absolute atomic E-state index is 13.8. The fourth-order valence-corrected chi connectivity index (χ4v) is 2.51. The lowest BCUT2D eigenvalue weighted by Crippen LogP contribution is -2.11.